The summed E-state index contributed by atoms with van der Waals surface area (Å²) in [6.45, 7) is 1.99. The Bertz CT molecular complexity index is 635. The Morgan fingerprint density at radius 3 is 2.82 bits per heavy atom. The highest BCUT2D eigenvalue weighted by atomic mass is 16.4. The van der Waals surface area contributed by atoms with Gasteiger partial charge in [0.15, 0.2) is 0 Å². The van der Waals surface area contributed by atoms with Crippen LogP contribution in [-0.2, 0) is 0 Å². The Hall–Kier alpha value is -2.00. The Morgan fingerprint density at radius 2 is 2.12 bits per heavy atom. The van der Waals surface area contributed by atoms with Crippen molar-refractivity contribution in [3.63, 3.8) is 0 Å². The topological polar surface area (TPSA) is 46.5 Å². The minimum Gasteiger partial charge on any atom is -0.472 e. The molecule has 0 spiro atoms. The smallest absolute Gasteiger partial charge is 0.140 e. The Balaban J connectivity index is 2.10. The second kappa shape index (κ2) is 3.79. The van der Waals surface area contributed by atoms with Gasteiger partial charge in [-0.3, -0.25) is 0 Å². The molecular weight excluding hydrogens is 216 g/mol. The third kappa shape index (κ3) is 1.65. The van der Waals surface area contributed by atoms with Crippen molar-refractivity contribution >= 4 is 11.0 Å². The first kappa shape index (κ1) is 10.2. The first-order valence-corrected chi connectivity index (χ1v) is 5.45. The molecule has 1 unspecified atom stereocenters. The summed E-state index contributed by atoms with van der Waals surface area (Å²) in [5.74, 6) is 0.538. The fourth-order valence-electron chi connectivity index (χ4n) is 1.96. The molecule has 0 fully saturated rings. The van der Waals surface area contributed by atoms with Crippen molar-refractivity contribution in [2.24, 2.45) is 0 Å². The zero-order valence-corrected chi connectivity index (χ0v) is 9.38. The van der Waals surface area contributed by atoms with Crippen LogP contribution in [0, 0.1) is 6.92 Å². The van der Waals surface area contributed by atoms with E-state index in [1.807, 2.05) is 31.2 Å². The molecule has 0 amide bonds. The van der Waals surface area contributed by atoms with Crippen LogP contribution in [0.4, 0.5) is 0 Å². The van der Waals surface area contributed by atoms with Crippen LogP contribution >= 0.6 is 0 Å². The Morgan fingerprint density at radius 1 is 1.24 bits per heavy atom. The molecule has 2 heterocycles. The molecule has 0 saturated carbocycles. The van der Waals surface area contributed by atoms with Crippen molar-refractivity contribution in [1.29, 1.82) is 0 Å². The minimum atomic E-state index is -0.777. The molecule has 1 N–H and O–H groups in total. The lowest BCUT2D eigenvalue weighted by atomic mass is 10.1. The van der Waals surface area contributed by atoms with Crippen LogP contribution in [0.25, 0.3) is 11.0 Å². The van der Waals surface area contributed by atoms with E-state index in [4.69, 9.17) is 8.83 Å². The quantitative estimate of drug-likeness (QED) is 0.731. The fourth-order valence-corrected chi connectivity index (χ4v) is 1.96. The highest BCUT2D eigenvalue weighted by Crippen LogP contribution is 2.29. The molecule has 0 aliphatic rings. The molecule has 2 aromatic heterocycles. The predicted molar refractivity (Wildman–Crippen MR) is 63.7 cm³/mol. The van der Waals surface area contributed by atoms with Gasteiger partial charge in [0, 0.05) is 10.9 Å². The number of hydrogen-bond donors (Lipinski definition) is 1. The average Bonchev–Trinajstić information content (AvgIpc) is 2.98. The van der Waals surface area contributed by atoms with Gasteiger partial charge in [-0.25, -0.2) is 0 Å². The lowest BCUT2D eigenvalue weighted by molar-refractivity contribution is 0.191. The summed E-state index contributed by atoms with van der Waals surface area (Å²) in [4.78, 5) is 0. The standard InChI is InChI=1S/C14H12O3/c1-9-3-2-4-10-7-12(17-14(9)10)13(15)11-5-6-16-8-11/h2-8,13,15H,1H3. The summed E-state index contributed by atoms with van der Waals surface area (Å²) in [5, 5.41) is 11.1. The number of fused-ring (bicyclic) bond motifs is 1. The molecular formula is C14H12O3. The van der Waals surface area contributed by atoms with Gasteiger partial charge in [0.2, 0.25) is 0 Å². The maximum Gasteiger partial charge on any atom is 0.140 e. The lowest BCUT2D eigenvalue weighted by Crippen LogP contribution is -1.95. The Kier molecular flexibility index (Phi) is 2.27. The molecule has 0 radical (unpaired) electrons. The number of aliphatic hydroxyl groups is 1. The number of hydrogen-bond acceptors (Lipinski definition) is 3. The van der Waals surface area contributed by atoms with E-state index in [1.54, 1.807) is 6.07 Å². The summed E-state index contributed by atoms with van der Waals surface area (Å²) in [5.41, 5.74) is 2.58. The first-order chi connectivity index (χ1) is 8.25. The monoisotopic (exact) mass is 228 g/mol. The predicted octanol–water partition coefficient (Wildman–Crippen LogP) is 3.42. The first-order valence-electron chi connectivity index (χ1n) is 5.45. The van der Waals surface area contributed by atoms with Gasteiger partial charge >= 0.3 is 0 Å². The maximum atomic E-state index is 10.1. The fraction of sp³-hybridized carbons (Fsp3) is 0.143. The molecule has 3 rings (SSSR count). The zero-order valence-electron chi connectivity index (χ0n) is 9.38. The van der Waals surface area contributed by atoms with Crippen LogP contribution in [0.5, 0.6) is 0 Å². The third-order valence-corrected chi connectivity index (χ3v) is 2.89. The van der Waals surface area contributed by atoms with Gasteiger partial charge in [0.05, 0.1) is 12.5 Å². The summed E-state index contributed by atoms with van der Waals surface area (Å²) < 4.78 is 10.6. The number of aryl methyl sites for hydroxylation is 1. The second-order valence-electron chi connectivity index (χ2n) is 4.10. The number of furan rings is 2. The lowest BCUT2D eigenvalue weighted by Gasteiger charge is -2.03. The normalized spacial score (nSPS) is 13.1. The molecule has 17 heavy (non-hydrogen) atoms. The van der Waals surface area contributed by atoms with Gasteiger partial charge in [-0.2, -0.15) is 0 Å². The number of para-hydroxylation sites is 1. The van der Waals surface area contributed by atoms with Crippen LogP contribution in [-0.4, -0.2) is 5.11 Å². The van der Waals surface area contributed by atoms with Crippen LogP contribution in [0.2, 0.25) is 0 Å². The van der Waals surface area contributed by atoms with Crippen LogP contribution in [0.1, 0.15) is 23.0 Å². The van der Waals surface area contributed by atoms with Crippen molar-refractivity contribution in [3.8, 4) is 0 Å². The van der Waals surface area contributed by atoms with E-state index in [2.05, 4.69) is 0 Å². The largest absolute Gasteiger partial charge is 0.472 e. The summed E-state index contributed by atoms with van der Waals surface area (Å²) in [7, 11) is 0. The molecule has 0 bridgehead atoms. The number of aliphatic hydroxyl groups excluding tert-OH is 1. The molecule has 86 valence electrons. The molecule has 0 aliphatic carbocycles. The van der Waals surface area contributed by atoms with E-state index in [0.717, 1.165) is 16.5 Å². The van der Waals surface area contributed by atoms with Crippen molar-refractivity contribution in [2.45, 2.75) is 13.0 Å². The minimum absolute atomic E-state index is 0.538. The SMILES string of the molecule is Cc1cccc2cc(C(O)c3ccoc3)oc12. The van der Waals surface area contributed by atoms with Crippen molar-refractivity contribution in [2.75, 3.05) is 0 Å². The van der Waals surface area contributed by atoms with Gasteiger partial charge in [-0.05, 0) is 24.6 Å². The molecule has 0 saturated heterocycles. The average molecular weight is 228 g/mol. The number of benzene rings is 1. The van der Waals surface area contributed by atoms with Gasteiger partial charge in [0.25, 0.3) is 0 Å². The van der Waals surface area contributed by atoms with Gasteiger partial charge in [0.1, 0.15) is 17.4 Å². The molecule has 1 atom stereocenters. The van der Waals surface area contributed by atoms with Crippen LogP contribution in [0.15, 0.2) is 51.7 Å². The molecule has 3 nitrogen and oxygen atoms in total. The van der Waals surface area contributed by atoms with Crippen LogP contribution < -0.4 is 0 Å². The molecule has 3 aromatic rings. The highest BCUT2D eigenvalue weighted by Gasteiger charge is 2.17. The van der Waals surface area contributed by atoms with E-state index in [0.29, 0.717) is 11.3 Å². The van der Waals surface area contributed by atoms with E-state index in [1.165, 1.54) is 12.5 Å². The van der Waals surface area contributed by atoms with E-state index in [-0.39, 0.29) is 0 Å². The molecule has 0 aliphatic heterocycles. The van der Waals surface area contributed by atoms with Crippen molar-refractivity contribution < 1.29 is 13.9 Å². The summed E-state index contributed by atoms with van der Waals surface area (Å²) in [6.07, 6.45) is 2.28. The van der Waals surface area contributed by atoms with E-state index < -0.39 is 6.10 Å². The highest BCUT2D eigenvalue weighted by molar-refractivity contribution is 5.81. The summed E-state index contributed by atoms with van der Waals surface area (Å²) in [6, 6.07) is 9.52. The summed E-state index contributed by atoms with van der Waals surface area (Å²) >= 11 is 0. The molecule has 1 aromatic carbocycles. The zero-order chi connectivity index (χ0) is 11.8. The van der Waals surface area contributed by atoms with Crippen molar-refractivity contribution in [3.05, 3.63) is 59.7 Å². The van der Waals surface area contributed by atoms with Crippen molar-refractivity contribution in [1.82, 2.24) is 0 Å². The third-order valence-electron chi connectivity index (χ3n) is 2.89. The van der Waals surface area contributed by atoms with E-state index in [9.17, 15) is 5.11 Å². The maximum absolute atomic E-state index is 10.1. The van der Waals surface area contributed by atoms with Gasteiger partial charge < -0.3 is 13.9 Å². The Labute approximate surface area is 98.3 Å². The van der Waals surface area contributed by atoms with Gasteiger partial charge in [-0.1, -0.05) is 18.2 Å². The molecule has 3 heteroatoms. The second-order valence-corrected chi connectivity index (χ2v) is 4.10. The van der Waals surface area contributed by atoms with Gasteiger partial charge in [-0.15, -0.1) is 0 Å². The number of rotatable bonds is 2. The van der Waals surface area contributed by atoms with E-state index >= 15 is 0 Å². The van der Waals surface area contributed by atoms with Crippen LogP contribution in [0.3, 0.4) is 0 Å².